The molecule has 1 amide bonds. The van der Waals surface area contributed by atoms with E-state index in [0.717, 1.165) is 13.0 Å². The minimum Gasteiger partial charge on any atom is -0.348 e. The molecule has 112 valence electrons. The van der Waals surface area contributed by atoms with Gasteiger partial charge in [0.25, 0.3) is 5.91 Å². The van der Waals surface area contributed by atoms with E-state index < -0.39 is 0 Å². The van der Waals surface area contributed by atoms with Crippen molar-refractivity contribution in [2.24, 2.45) is 11.8 Å². The van der Waals surface area contributed by atoms with E-state index in [1.54, 1.807) is 12.3 Å². The topological polar surface area (TPSA) is 83.3 Å². The Hall–Kier alpha value is -1.66. The van der Waals surface area contributed by atoms with Crippen molar-refractivity contribution in [2.75, 3.05) is 26.1 Å². The number of nitrogens with one attached hydrogen (secondary N) is 2. The first-order valence-electron chi connectivity index (χ1n) is 6.80. The number of hydrogen-bond acceptors (Lipinski definition) is 5. The minimum atomic E-state index is -0.154. The molecule has 1 atom stereocenters. The van der Waals surface area contributed by atoms with E-state index in [1.165, 1.54) is 6.20 Å². The van der Waals surface area contributed by atoms with Crippen molar-refractivity contribution in [3.8, 4) is 0 Å². The Labute approximate surface area is 120 Å². The zero-order valence-electron chi connectivity index (χ0n) is 12.7. The number of carbonyl (C=O) groups excluding carboxylic acids is 1. The summed E-state index contributed by atoms with van der Waals surface area (Å²) in [6.45, 7) is 5.09. The normalized spacial score (nSPS) is 12.6. The summed E-state index contributed by atoms with van der Waals surface area (Å²) in [6.07, 6.45) is 4.04. The number of hydrazine groups is 1. The highest BCUT2D eigenvalue weighted by atomic mass is 16.1. The first-order chi connectivity index (χ1) is 9.43. The number of anilines is 1. The Bertz CT molecular complexity index is 423. The smallest absolute Gasteiger partial charge is 0.255 e. The van der Waals surface area contributed by atoms with Gasteiger partial charge in [-0.15, -0.1) is 0 Å². The van der Waals surface area contributed by atoms with Gasteiger partial charge in [-0.25, -0.2) is 0 Å². The fourth-order valence-electron chi connectivity index (χ4n) is 2.15. The lowest BCUT2D eigenvalue weighted by Gasteiger charge is -2.24. The summed E-state index contributed by atoms with van der Waals surface area (Å²) in [7, 11) is 3.99. The van der Waals surface area contributed by atoms with E-state index in [4.69, 9.17) is 5.84 Å². The lowest BCUT2D eigenvalue weighted by atomic mass is 10.0. The fourth-order valence-corrected chi connectivity index (χ4v) is 2.15. The Morgan fingerprint density at radius 3 is 2.70 bits per heavy atom. The molecule has 1 heterocycles. The van der Waals surface area contributed by atoms with Gasteiger partial charge in [-0.05, 0) is 32.5 Å². The van der Waals surface area contributed by atoms with Gasteiger partial charge in [0.15, 0.2) is 0 Å². The van der Waals surface area contributed by atoms with Crippen LogP contribution in [0.5, 0.6) is 0 Å². The van der Waals surface area contributed by atoms with Crippen LogP contribution in [0.4, 0.5) is 5.69 Å². The number of nitrogens with zero attached hydrogens (tertiary/aromatic N) is 2. The van der Waals surface area contributed by atoms with Gasteiger partial charge < -0.3 is 15.6 Å². The predicted octanol–water partition coefficient (Wildman–Crippen LogP) is 1.07. The first kappa shape index (κ1) is 16.4. The summed E-state index contributed by atoms with van der Waals surface area (Å²) in [5, 5.41) is 3.05. The van der Waals surface area contributed by atoms with Crippen molar-refractivity contribution in [2.45, 2.75) is 26.3 Å². The summed E-state index contributed by atoms with van der Waals surface area (Å²) in [6, 6.07) is 1.78. The van der Waals surface area contributed by atoms with E-state index in [0.29, 0.717) is 17.2 Å². The molecule has 1 aromatic rings. The third-order valence-corrected chi connectivity index (χ3v) is 2.90. The number of carbonyl (C=O) groups is 1. The molecule has 0 aromatic carbocycles. The standard InChI is InChI=1S/C14H25N5O/c1-10(2)7-11(9-19(3)4)17-14(20)12-8-16-6-5-13(12)18-15/h5-6,8,10-11H,7,9,15H2,1-4H3,(H,16,18)(H,17,20). The summed E-state index contributed by atoms with van der Waals surface area (Å²) in [4.78, 5) is 18.4. The van der Waals surface area contributed by atoms with Crippen LogP contribution < -0.4 is 16.6 Å². The summed E-state index contributed by atoms with van der Waals surface area (Å²) >= 11 is 0. The highest BCUT2D eigenvalue weighted by Crippen LogP contribution is 2.13. The van der Waals surface area contributed by atoms with Crippen LogP contribution in [0.3, 0.4) is 0 Å². The zero-order chi connectivity index (χ0) is 15.1. The Kier molecular flexibility index (Phi) is 6.41. The molecule has 6 heteroatoms. The molecule has 0 aliphatic rings. The van der Waals surface area contributed by atoms with Gasteiger partial charge in [-0.1, -0.05) is 13.8 Å². The largest absolute Gasteiger partial charge is 0.348 e. The highest BCUT2D eigenvalue weighted by Gasteiger charge is 2.18. The number of nitrogens with two attached hydrogens (primary N) is 1. The Morgan fingerprint density at radius 2 is 2.15 bits per heavy atom. The summed E-state index contributed by atoms with van der Waals surface area (Å²) in [5.41, 5.74) is 3.56. The second-order valence-corrected chi connectivity index (χ2v) is 5.63. The van der Waals surface area contributed by atoms with E-state index in [1.807, 2.05) is 14.1 Å². The monoisotopic (exact) mass is 279 g/mol. The maximum absolute atomic E-state index is 12.3. The lowest BCUT2D eigenvalue weighted by Crippen LogP contribution is -2.42. The number of aromatic nitrogens is 1. The number of likely N-dealkylation sites (N-methyl/N-ethyl adjacent to an activating group) is 1. The van der Waals surface area contributed by atoms with Gasteiger partial charge in [0.1, 0.15) is 0 Å². The molecule has 0 bridgehead atoms. The minimum absolute atomic E-state index is 0.100. The van der Waals surface area contributed by atoms with Crippen molar-refractivity contribution < 1.29 is 4.79 Å². The molecule has 4 N–H and O–H groups in total. The molecular weight excluding hydrogens is 254 g/mol. The molecule has 0 saturated carbocycles. The van der Waals surface area contributed by atoms with Gasteiger partial charge in [0.05, 0.1) is 11.3 Å². The summed E-state index contributed by atoms with van der Waals surface area (Å²) in [5.74, 6) is 5.78. The zero-order valence-corrected chi connectivity index (χ0v) is 12.7. The van der Waals surface area contributed by atoms with Crippen LogP contribution in [-0.2, 0) is 0 Å². The number of amides is 1. The molecule has 1 aromatic heterocycles. The number of hydrogen-bond donors (Lipinski definition) is 3. The van der Waals surface area contributed by atoms with Crippen LogP contribution in [0.2, 0.25) is 0 Å². The van der Waals surface area contributed by atoms with Crippen LogP contribution in [0.1, 0.15) is 30.6 Å². The first-order valence-corrected chi connectivity index (χ1v) is 6.80. The lowest BCUT2D eigenvalue weighted by molar-refractivity contribution is 0.0925. The van der Waals surface area contributed by atoms with Gasteiger partial charge in [-0.2, -0.15) is 0 Å². The maximum atomic E-state index is 12.3. The van der Waals surface area contributed by atoms with Crippen LogP contribution in [0.15, 0.2) is 18.5 Å². The third kappa shape index (κ3) is 5.14. The average molecular weight is 279 g/mol. The van der Waals surface area contributed by atoms with Crippen LogP contribution in [-0.4, -0.2) is 42.5 Å². The molecular formula is C14H25N5O. The van der Waals surface area contributed by atoms with Crippen molar-refractivity contribution in [3.05, 3.63) is 24.0 Å². The van der Waals surface area contributed by atoms with Crippen molar-refractivity contribution in [1.29, 1.82) is 0 Å². The highest BCUT2D eigenvalue weighted by molar-refractivity contribution is 5.99. The molecule has 20 heavy (non-hydrogen) atoms. The molecule has 1 unspecified atom stereocenters. The number of rotatable bonds is 7. The quantitative estimate of drug-likeness (QED) is 0.514. The van der Waals surface area contributed by atoms with E-state index in [-0.39, 0.29) is 11.9 Å². The van der Waals surface area contributed by atoms with E-state index in [9.17, 15) is 4.79 Å². The molecule has 0 saturated heterocycles. The van der Waals surface area contributed by atoms with Gasteiger partial charge >= 0.3 is 0 Å². The van der Waals surface area contributed by atoms with Crippen molar-refractivity contribution in [3.63, 3.8) is 0 Å². The molecule has 0 spiro atoms. The van der Waals surface area contributed by atoms with Gasteiger partial charge in [-0.3, -0.25) is 15.6 Å². The van der Waals surface area contributed by atoms with E-state index in [2.05, 4.69) is 34.5 Å². The Morgan fingerprint density at radius 1 is 1.45 bits per heavy atom. The third-order valence-electron chi connectivity index (χ3n) is 2.90. The number of pyridine rings is 1. The van der Waals surface area contributed by atoms with Crippen LogP contribution in [0, 0.1) is 5.92 Å². The molecule has 0 aliphatic carbocycles. The second-order valence-electron chi connectivity index (χ2n) is 5.63. The number of nitrogen functional groups attached to an aromatic ring is 1. The molecule has 6 nitrogen and oxygen atoms in total. The van der Waals surface area contributed by atoms with Crippen molar-refractivity contribution in [1.82, 2.24) is 15.2 Å². The Balaban J connectivity index is 2.79. The van der Waals surface area contributed by atoms with E-state index >= 15 is 0 Å². The molecule has 0 aliphatic heterocycles. The van der Waals surface area contributed by atoms with Gasteiger partial charge in [0, 0.05) is 25.0 Å². The van der Waals surface area contributed by atoms with Crippen LogP contribution >= 0.6 is 0 Å². The molecule has 0 radical (unpaired) electrons. The molecule has 1 rings (SSSR count). The maximum Gasteiger partial charge on any atom is 0.255 e. The second kappa shape index (κ2) is 7.81. The average Bonchev–Trinajstić information content (AvgIpc) is 2.36. The van der Waals surface area contributed by atoms with Gasteiger partial charge in [0.2, 0.25) is 0 Å². The predicted molar refractivity (Wildman–Crippen MR) is 81.3 cm³/mol. The molecule has 0 fully saturated rings. The summed E-state index contributed by atoms with van der Waals surface area (Å²) < 4.78 is 0. The van der Waals surface area contributed by atoms with Crippen LogP contribution in [0.25, 0.3) is 0 Å². The SMILES string of the molecule is CC(C)CC(CN(C)C)NC(=O)c1cnccc1NN. The fraction of sp³-hybridized carbons (Fsp3) is 0.571. The van der Waals surface area contributed by atoms with Crippen molar-refractivity contribution >= 4 is 11.6 Å².